The number of hydrogen-bond acceptors (Lipinski definition) is 1. The second kappa shape index (κ2) is 3.16. The smallest absolute Gasteiger partial charge is 0.0476 e. The first-order valence-electron chi connectivity index (χ1n) is 5.49. The summed E-state index contributed by atoms with van der Waals surface area (Å²) in [6.07, 6.45) is 8.69. The molecule has 0 radical (unpaired) electrons. The van der Waals surface area contributed by atoms with E-state index in [1.165, 1.54) is 37.1 Å². The summed E-state index contributed by atoms with van der Waals surface area (Å²) in [6, 6.07) is 9.38. The zero-order chi connectivity index (χ0) is 9.38. The monoisotopic (exact) mass is 185 g/mol. The van der Waals surface area contributed by atoms with Gasteiger partial charge in [-0.25, -0.2) is 0 Å². The summed E-state index contributed by atoms with van der Waals surface area (Å²) in [5.41, 5.74) is 2.81. The van der Waals surface area contributed by atoms with Crippen molar-refractivity contribution in [3.05, 3.63) is 35.9 Å². The zero-order valence-corrected chi connectivity index (χ0v) is 8.32. The Kier molecular flexibility index (Phi) is 1.83. The van der Waals surface area contributed by atoms with Crippen molar-refractivity contribution < 1.29 is 0 Å². The lowest BCUT2D eigenvalue weighted by atomic mass is 9.95. The molecule has 2 heterocycles. The second-order valence-corrected chi connectivity index (χ2v) is 4.17. The summed E-state index contributed by atoms with van der Waals surface area (Å²) in [6.45, 7) is 1.23. The number of para-hydroxylation sites is 1. The van der Waals surface area contributed by atoms with E-state index < -0.39 is 0 Å². The van der Waals surface area contributed by atoms with Crippen LogP contribution in [0.1, 0.15) is 24.8 Å². The largest absolute Gasteiger partial charge is 0.365 e. The van der Waals surface area contributed by atoms with Gasteiger partial charge in [0.05, 0.1) is 0 Å². The first-order chi connectivity index (χ1) is 6.95. The third kappa shape index (κ3) is 1.16. The van der Waals surface area contributed by atoms with Gasteiger partial charge in [-0.05, 0) is 30.9 Å². The van der Waals surface area contributed by atoms with Gasteiger partial charge in [-0.2, -0.15) is 0 Å². The Morgan fingerprint density at radius 1 is 1.14 bits per heavy atom. The van der Waals surface area contributed by atoms with Crippen LogP contribution in [-0.4, -0.2) is 12.6 Å². The molecule has 0 spiro atoms. The van der Waals surface area contributed by atoms with E-state index in [1.807, 2.05) is 0 Å². The standard InChI is InChI=1S/C13H15N/c1-2-7-13-11(5-1)8-9-12-6-3-4-10-14(12)13/h1-2,5,7-9,12H,3-4,6,10H2. The molecule has 0 N–H and O–H groups in total. The van der Waals surface area contributed by atoms with E-state index in [-0.39, 0.29) is 0 Å². The third-order valence-electron chi connectivity index (χ3n) is 3.29. The Morgan fingerprint density at radius 3 is 3.07 bits per heavy atom. The maximum Gasteiger partial charge on any atom is 0.0476 e. The molecule has 0 aromatic heterocycles. The minimum atomic E-state index is 0.665. The number of hydrogen-bond donors (Lipinski definition) is 0. The van der Waals surface area contributed by atoms with E-state index in [4.69, 9.17) is 0 Å². The Bertz CT molecular complexity index is 367. The van der Waals surface area contributed by atoms with Gasteiger partial charge in [-0.15, -0.1) is 0 Å². The van der Waals surface area contributed by atoms with Gasteiger partial charge in [0.15, 0.2) is 0 Å². The molecule has 1 fully saturated rings. The molecule has 0 saturated carbocycles. The zero-order valence-electron chi connectivity index (χ0n) is 8.32. The Hall–Kier alpha value is -1.24. The Labute approximate surface area is 85.0 Å². The van der Waals surface area contributed by atoms with Crippen LogP contribution in [0, 0.1) is 0 Å². The van der Waals surface area contributed by atoms with Crippen molar-refractivity contribution in [2.45, 2.75) is 25.3 Å². The van der Waals surface area contributed by atoms with Crippen LogP contribution < -0.4 is 4.90 Å². The van der Waals surface area contributed by atoms with Crippen LogP contribution in [0.3, 0.4) is 0 Å². The molecule has 1 heteroatoms. The normalized spacial score (nSPS) is 24.3. The molecule has 1 nitrogen and oxygen atoms in total. The predicted molar refractivity (Wildman–Crippen MR) is 60.5 cm³/mol. The van der Waals surface area contributed by atoms with Crippen LogP contribution in [0.15, 0.2) is 30.3 Å². The second-order valence-electron chi connectivity index (χ2n) is 4.17. The Balaban J connectivity index is 2.05. The van der Waals surface area contributed by atoms with E-state index in [1.54, 1.807) is 0 Å². The van der Waals surface area contributed by atoms with Crippen LogP contribution in [0.2, 0.25) is 0 Å². The maximum atomic E-state index is 2.55. The van der Waals surface area contributed by atoms with Crippen molar-refractivity contribution in [1.29, 1.82) is 0 Å². The van der Waals surface area contributed by atoms with Crippen molar-refractivity contribution in [1.82, 2.24) is 0 Å². The highest BCUT2D eigenvalue weighted by atomic mass is 15.2. The van der Waals surface area contributed by atoms with E-state index in [0.717, 1.165) is 0 Å². The summed E-state index contributed by atoms with van der Waals surface area (Å²) in [5, 5.41) is 0. The minimum Gasteiger partial charge on any atom is -0.365 e. The fourth-order valence-corrected chi connectivity index (χ4v) is 2.56. The summed E-state index contributed by atoms with van der Waals surface area (Å²) in [7, 11) is 0. The summed E-state index contributed by atoms with van der Waals surface area (Å²) in [5.74, 6) is 0. The fourth-order valence-electron chi connectivity index (χ4n) is 2.56. The summed E-state index contributed by atoms with van der Waals surface area (Å²) < 4.78 is 0. The van der Waals surface area contributed by atoms with Crippen LogP contribution in [0.25, 0.3) is 6.08 Å². The average Bonchev–Trinajstić information content (AvgIpc) is 2.29. The first kappa shape index (κ1) is 8.10. The highest BCUT2D eigenvalue weighted by Crippen LogP contribution is 2.32. The van der Waals surface area contributed by atoms with E-state index >= 15 is 0 Å². The van der Waals surface area contributed by atoms with Gasteiger partial charge >= 0.3 is 0 Å². The lowest BCUT2D eigenvalue weighted by Gasteiger charge is -2.39. The van der Waals surface area contributed by atoms with Crippen LogP contribution >= 0.6 is 0 Å². The average molecular weight is 185 g/mol. The predicted octanol–water partition coefficient (Wildman–Crippen LogP) is 3.07. The molecule has 1 saturated heterocycles. The summed E-state index contributed by atoms with van der Waals surface area (Å²) >= 11 is 0. The van der Waals surface area contributed by atoms with Crippen LogP contribution in [0.4, 0.5) is 5.69 Å². The number of anilines is 1. The molecule has 1 atom stereocenters. The van der Waals surface area contributed by atoms with Crippen LogP contribution in [-0.2, 0) is 0 Å². The van der Waals surface area contributed by atoms with Crippen molar-refractivity contribution in [2.75, 3.05) is 11.4 Å². The molecule has 0 bridgehead atoms. The molecule has 72 valence electrons. The number of piperidine rings is 1. The van der Waals surface area contributed by atoms with Crippen molar-refractivity contribution in [3.8, 4) is 0 Å². The maximum absolute atomic E-state index is 2.55. The molecule has 3 rings (SSSR count). The molecule has 1 aromatic rings. The van der Waals surface area contributed by atoms with Gasteiger partial charge in [0, 0.05) is 18.3 Å². The molecule has 2 aliphatic heterocycles. The van der Waals surface area contributed by atoms with E-state index in [9.17, 15) is 0 Å². The molecule has 1 aromatic carbocycles. The fraction of sp³-hybridized carbons (Fsp3) is 0.385. The van der Waals surface area contributed by atoms with Gasteiger partial charge in [0.25, 0.3) is 0 Å². The molecule has 14 heavy (non-hydrogen) atoms. The van der Waals surface area contributed by atoms with Crippen molar-refractivity contribution >= 4 is 11.8 Å². The first-order valence-corrected chi connectivity index (χ1v) is 5.49. The Morgan fingerprint density at radius 2 is 2.07 bits per heavy atom. The van der Waals surface area contributed by atoms with Crippen molar-refractivity contribution in [3.63, 3.8) is 0 Å². The van der Waals surface area contributed by atoms with Crippen LogP contribution in [0.5, 0.6) is 0 Å². The van der Waals surface area contributed by atoms with E-state index in [0.29, 0.717) is 6.04 Å². The lowest BCUT2D eigenvalue weighted by molar-refractivity contribution is 0.513. The number of benzene rings is 1. The topological polar surface area (TPSA) is 3.24 Å². The number of fused-ring (bicyclic) bond motifs is 3. The lowest BCUT2D eigenvalue weighted by Crippen LogP contribution is -2.39. The van der Waals surface area contributed by atoms with Gasteiger partial charge in [0.2, 0.25) is 0 Å². The van der Waals surface area contributed by atoms with E-state index in [2.05, 4.69) is 41.3 Å². The highest BCUT2D eigenvalue weighted by molar-refractivity contribution is 5.72. The third-order valence-corrected chi connectivity index (χ3v) is 3.29. The van der Waals surface area contributed by atoms with Gasteiger partial charge in [-0.1, -0.05) is 30.4 Å². The van der Waals surface area contributed by atoms with Gasteiger partial charge in [-0.3, -0.25) is 0 Å². The van der Waals surface area contributed by atoms with Gasteiger partial charge in [0.1, 0.15) is 0 Å². The highest BCUT2D eigenvalue weighted by Gasteiger charge is 2.24. The molecular formula is C13H15N. The number of nitrogens with zero attached hydrogens (tertiary/aromatic N) is 1. The molecule has 1 unspecified atom stereocenters. The van der Waals surface area contributed by atoms with Gasteiger partial charge < -0.3 is 4.90 Å². The molecule has 2 aliphatic rings. The quantitative estimate of drug-likeness (QED) is 0.600. The number of rotatable bonds is 0. The minimum absolute atomic E-state index is 0.665. The summed E-state index contributed by atoms with van der Waals surface area (Å²) in [4.78, 5) is 2.55. The molecule has 0 aliphatic carbocycles. The molecule has 0 amide bonds. The SMILES string of the molecule is C1=CC2CCCCN2c2ccccc21. The van der Waals surface area contributed by atoms with Crippen molar-refractivity contribution in [2.24, 2.45) is 0 Å². The molecular weight excluding hydrogens is 170 g/mol.